The number of aryl methyl sites for hydroxylation is 1. The van der Waals surface area contributed by atoms with Crippen LogP contribution in [0.2, 0.25) is 5.02 Å². The van der Waals surface area contributed by atoms with Crippen LogP contribution in [0.3, 0.4) is 0 Å². The van der Waals surface area contributed by atoms with Crippen LogP contribution in [0.25, 0.3) is 21.9 Å². The number of hydrogen-bond acceptors (Lipinski definition) is 5. The van der Waals surface area contributed by atoms with E-state index in [9.17, 15) is 5.11 Å². The van der Waals surface area contributed by atoms with Crippen molar-refractivity contribution in [2.75, 3.05) is 6.54 Å². The highest BCUT2D eigenvalue weighted by molar-refractivity contribution is 7.19. The third kappa shape index (κ3) is 4.08. The van der Waals surface area contributed by atoms with E-state index in [1.54, 1.807) is 0 Å². The molecular formula is C22H23ClN2O2S. The third-order valence-corrected chi connectivity index (χ3v) is 6.08. The highest BCUT2D eigenvalue weighted by Gasteiger charge is 2.25. The molecule has 28 heavy (non-hydrogen) atoms. The fraction of sp³-hybridized carbons (Fsp3) is 0.318. The number of thiazole rings is 1. The molecule has 2 heterocycles. The van der Waals surface area contributed by atoms with Gasteiger partial charge in [-0.3, -0.25) is 0 Å². The molecule has 0 spiro atoms. The number of aliphatic hydroxyl groups is 1. The van der Waals surface area contributed by atoms with E-state index in [0.717, 1.165) is 40.2 Å². The molecule has 0 fully saturated rings. The zero-order chi connectivity index (χ0) is 19.7. The molecule has 4 rings (SSSR count). The highest BCUT2D eigenvalue weighted by Crippen LogP contribution is 2.38. The first-order valence-corrected chi connectivity index (χ1v) is 10.7. The minimum absolute atomic E-state index is 0.503. The lowest BCUT2D eigenvalue weighted by atomic mass is 10.0. The van der Waals surface area contributed by atoms with Gasteiger partial charge in [0, 0.05) is 11.6 Å². The molecule has 1 aliphatic heterocycles. The Balaban J connectivity index is 1.56. The number of aromatic nitrogens is 1. The molecule has 0 saturated heterocycles. The zero-order valence-electron chi connectivity index (χ0n) is 15.9. The highest BCUT2D eigenvalue weighted by atomic mass is 35.5. The first-order valence-electron chi connectivity index (χ1n) is 9.49. The number of nitrogens with zero attached hydrogens (tertiary/aromatic N) is 1. The van der Waals surface area contributed by atoms with E-state index in [1.807, 2.05) is 36.4 Å². The van der Waals surface area contributed by atoms with Crippen molar-refractivity contribution >= 4 is 44.8 Å². The van der Waals surface area contributed by atoms with E-state index in [-0.39, 0.29) is 0 Å². The molecule has 1 aliphatic rings. The number of halogens is 1. The monoisotopic (exact) mass is 414 g/mol. The smallest absolute Gasteiger partial charge is 0.227 e. The van der Waals surface area contributed by atoms with E-state index in [2.05, 4.69) is 30.2 Å². The summed E-state index contributed by atoms with van der Waals surface area (Å²) in [5, 5.41) is 15.3. The summed E-state index contributed by atoms with van der Waals surface area (Å²) in [6.45, 7) is 5.29. The van der Waals surface area contributed by atoms with E-state index in [4.69, 9.17) is 16.3 Å². The number of aliphatic hydroxyl groups excluding tert-OH is 1. The molecular weight excluding hydrogens is 392 g/mol. The van der Waals surface area contributed by atoms with Crippen LogP contribution >= 0.6 is 22.9 Å². The SMILES string of the molecule is CC(C)NCCCc1ccc2c(c1)OC(O)C(c1nc3c(Cl)cccc3s1)=C2. The van der Waals surface area contributed by atoms with E-state index in [0.29, 0.717) is 22.4 Å². The normalized spacial score (nSPS) is 16.2. The summed E-state index contributed by atoms with van der Waals surface area (Å²) < 4.78 is 6.81. The maximum atomic E-state index is 10.6. The predicted molar refractivity (Wildman–Crippen MR) is 117 cm³/mol. The van der Waals surface area contributed by atoms with Crippen molar-refractivity contribution in [2.24, 2.45) is 0 Å². The Kier molecular flexibility index (Phi) is 5.69. The van der Waals surface area contributed by atoms with Gasteiger partial charge in [0.25, 0.3) is 0 Å². The standard InChI is InChI=1S/C22H23ClN2O2S/c1-13(2)24-10-4-5-14-8-9-15-12-16(22(26)27-18(15)11-14)21-25-20-17(23)6-3-7-19(20)28-21/h3,6-9,11-13,22,24,26H,4-5,10H2,1-2H3. The number of nitrogens with one attached hydrogen (secondary N) is 1. The molecule has 0 aliphatic carbocycles. The lowest BCUT2D eigenvalue weighted by Crippen LogP contribution is -2.24. The third-order valence-electron chi connectivity index (χ3n) is 4.71. The fourth-order valence-corrected chi connectivity index (χ4v) is 4.56. The lowest BCUT2D eigenvalue weighted by Gasteiger charge is -2.22. The molecule has 0 saturated carbocycles. The van der Waals surface area contributed by atoms with Crippen molar-refractivity contribution in [2.45, 2.75) is 39.0 Å². The maximum absolute atomic E-state index is 10.6. The quantitative estimate of drug-likeness (QED) is 0.549. The van der Waals surface area contributed by atoms with Gasteiger partial charge in [-0.15, -0.1) is 11.3 Å². The fourth-order valence-electron chi connectivity index (χ4n) is 3.27. The van der Waals surface area contributed by atoms with Crippen molar-refractivity contribution in [3.05, 3.63) is 57.6 Å². The molecule has 6 heteroatoms. The second-order valence-corrected chi connectivity index (χ2v) is 8.70. The first kappa shape index (κ1) is 19.4. The van der Waals surface area contributed by atoms with Gasteiger partial charge in [0.2, 0.25) is 6.29 Å². The Bertz CT molecular complexity index is 1030. The van der Waals surface area contributed by atoms with E-state index >= 15 is 0 Å². The summed E-state index contributed by atoms with van der Waals surface area (Å²) in [6, 6.07) is 12.4. The van der Waals surface area contributed by atoms with Gasteiger partial charge >= 0.3 is 0 Å². The number of ether oxygens (including phenoxy) is 1. The second kappa shape index (κ2) is 8.21. The van der Waals surface area contributed by atoms with Crippen molar-refractivity contribution in [1.29, 1.82) is 0 Å². The zero-order valence-corrected chi connectivity index (χ0v) is 17.5. The van der Waals surface area contributed by atoms with Gasteiger partial charge in [0.15, 0.2) is 0 Å². The molecule has 2 N–H and O–H groups in total. The molecule has 3 aromatic rings. The van der Waals surface area contributed by atoms with Gasteiger partial charge in [0.1, 0.15) is 16.3 Å². The molecule has 146 valence electrons. The Labute approximate surface area is 173 Å². The summed E-state index contributed by atoms with van der Waals surface area (Å²) in [7, 11) is 0. The summed E-state index contributed by atoms with van der Waals surface area (Å²) in [5.74, 6) is 0.713. The average Bonchev–Trinajstić information content (AvgIpc) is 3.10. The summed E-state index contributed by atoms with van der Waals surface area (Å²) in [6.07, 6.45) is 2.95. The average molecular weight is 415 g/mol. The van der Waals surface area contributed by atoms with Gasteiger partial charge in [-0.05, 0) is 49.2 Å². The first-order chi connectivity index (χ1) is 13.5. The molecule has 0 amide bonds. The van der Waals surface area contributed by atoms with Crippen molar-refractivity contribution < 1.29 is 9.84 Å². The molecule has 2 aromatic carbocycles. The van der Waals surface area contributed by atoms with Crippen molar-refractivity contribution in [3.8, 4) is 5.75 Å². The molecule has 0 bridgehead atoms. The Hall–Kier alpha value is -1.92. The predicted octanol–water partition coefficient (Wildman–Crippen LogP) is 5.13. The van der Waals surface area contributed by atoms with Crippen LogP contribution in [-0.2, 0) is 6.42 Å². The van der Waals surface area contributed by atoms with Crippen LogP contribution in [-0.4, -0.2) is 29.0 Å². The van der Waals surface area contributed by atoms with Crippen LogP contribution < -0.4 is 10.1 Å². The van der Waals surface area contributed by atoms with Gasteiger partial charge in [-0.25, -0.2) is 4.98 Å². The van der Waals surface area contributed by atoms with Gasteiger partial charge < -0.3 is 15.2 Å². The Morgan fingerprint density at radius 1 is 1.29 bits per heavy atom. The molecule has 1 aromatic heterocycles. The summed E-state index contributed by atoms with van der Waals surface area (Å²) in [5.41, 5.74) is 3.59. The minimum Gasteiger partial charge on any atom is -0.460 e. The van der Waals surface area contributed by atoms with Crippen molar-refractivity contribution in [3.63, 3.8) is 0 Å². The number of fused-ring (bicyclic) bond motifs is 2. The van der Waals surface area contributed by atoms with Crippen LogP contribution in [0.4, 0.5) is 0 Å². The maximum Gasteiger partial charge on any atom is 0.227 e. The molecule has 0 radical (unpaired) electrons. The van der Waals surface area contributed by atoms with E-state index in [1.165, 1.54) is 16.9 Å². The van der Waals surface area contributed by atoms with Crippen LogP contribution in [0.15, 0.2) is 36.4 Å². The summed E-state index contributed by atoms with van der Waals surface area (Å²) in [4.78, 5) is 4.61. The molecule has 4 nitrogen and oxygen atoms in total. The molecule has 1 atom stereocenters. The minimum atomic E-state index is -1.04. The van der Waals surface area contributed by atoms with E-state index < -0.39 is 6.29 Å². The number of benzene rings is 2. The van der Waals surface area contributed by atoms with Crippen LogP contribution in [0.1, 0.15) is 36.4 Å². The topological polar surface area (TPSA) is 54.4 Å². The molecule has 1 unspecified atom stereocenters. The summed E-state index contributed by atoms with van der Waals surface area (Å²) >= 11 is 7.74. The number of rotatable bonds is 6. The Morgan fingerprint density at radius 3 is 2.93 bits per heavy atom. The van der Waals surface area contributed by atoms with Gasteiger partial charge in [0.05, 0.1) is 15.3 Å². The number of para-hydroxylation sites is 1. The van der Waals surface area contributed by atoms with Crippen LogP contribution in [0, 0.1) is 0 Å². The Morgan fingerprint density at radius 2 is 2.14 bits per heavy atom. The van der Waals surface area contributed by atoms with Crippen LogP contribution in [0.5, 0.6) is 5.75 Å². The second-order valence-electron chi connectivity index (χ2n) is 7.26. The number of hydrogen-bond donors (Lipinski definition) is 2. The largest absolute Gasteiger partial charge is 0.460 e. The van der Waals surface area contributed by atoms with Gasteiger partial charge in [-0.1, -0.05) is 43.6 Å². The van der Waals surface area contributed by atoms with Gasteiger partial charge in [-0.2, -0.15) is 0 Å². The lowest BCUT2D eigenvalue weighted by molar-refractivity contribution is 0.0319. The van der Waals surface area contributed by atoms with Crippen molar-refractivity contribution in [1.82, 2.24) is 10.3 Å².